The summed E-state index contributed by atoms with van der Waals surface area (Å²) in [5.74, 6) is 2.92. The molecule has 3 heterocycles. The molecule has 1 aliphatic rings. The summed E-state index contributed by atoms with van der Waals surface area (Å²) in [6, 6.07) is 22.5. The fourth-order valence-electron chi connectivity index (χ4n) is 4.22. The highest BCUT2D eigenvalue weighted by Crippen LogP contribution is 2.48. The van der Waals surface area contributed by atoms with E-state index in [0.717, 1.165) is 28.2 Å². The Kier molecular flexibility index (Phi) is 4.76. The van der Waals surface area contributed by atoms with Crippen LogP contribution in [0.2, 0.25) is 0 Å². The lowest BCUT2D eigenvalue weighted by molar-refractivity contribution is 0.296. The van der Waals surface area contributed by atoms with Gasteiger partial charge in [-0.2, -0.15) is 0 Å². The first-order valence-electron chi connectivity index (χ1n) is 10.8. The highest BCUT2D eigenvalue weighted by molar-refractivity contribution is 5.66. The maximum atomic E-state index is 10.0. The van der Waals surface area contributed by atoms with E-state index in [-0.39, 0.29) is 18.3 Å². The number of ether oxygens (including phenoxy) is 3. The van der Waals surface area contributed by atoms with Gasteiger partial charge >= 0.3 is 0 Å². The second kappa shape index (κ2) is 8.08. The Labute approximate surface area is 195 Å². The molecule has 0 saturated carbocycles. The van der Waals surface area contributed by atoms with Crippen molar-refractivity contribution < 1.29 is 19.3 Å². The number of rotatable bonds is 5. The number of methoxy groups -OCH3 is 1. The molecule has 1 atom stereocenters. The van der Waals surface area contributed by atoms with Gasteiger partial charge in [-0.15, -0.1) is 5.10 Å². The average Bonchev–Trinajstić information content (AvgIpc) is 3.30. The van der Waals surface area contributed by atoms with E-state index in [0.29, 0.717) is 23.1 Å². The number of fused-ring (bicyclic) bond motifs is 4. The zero-order valence-corrected chi connectivity index (χ0v) is 18.3. The Balaban J connectivity index is 1.47. The molecule has 1 unspecified atom stereocenters. The fraction of sp³-hybridized carbons (Fsp3) is 0.115. The van der Waals surface area contributed by atoms with Crippen molar-refractivity contribution in [2.75, 3.05) is 7.11 Å². The average molecular weight is 452 g/mol. The van der Waals surface area contributed by atoms with Gasteiger partial charge in [-0.05, 0) is 35.9 Å². The van der Waals surface area contributed by atoms with E-state index in [1.54, 1.807) is 30.1 Å². The molecular formula is C26H20N4O4. The minimum atomic E-state index is -0.228. The van der Waals surface area contributed by atoms with Crippen LogP contribution in [0, 0.1) is 0 Å². The van der Waals surface area contributed by atoms with Gasteiger partial charge in [0.05, 0.1) is 12.7 Å². The van der Waals surface area contributed by atoms with Crippen molar-refractivity contribution in [3.05, 3.63) is 102 Å². The number of aromatic hydroxyl groups is 1. The Hall–Kier alpha value is -4.59. The van der Waals surface area contributed by atoms with Gasteiger partial charge in [-0.1, -0.05) is 36.4 Å². The van der Waals surface area contributed by atoms with Gasteiger partial charge in [0.1, 0.15) is 35.9 Å². The van der Waals surface area contributed by atoms with Crippen LogP contribution in [0.1, 0.15) is 28.4 Å². The molecule has 1 N–H and O–H groups in total. The Morgan fingerprint density at radius 2 is 1.82 bits per heavy atom. The molecule has 5 aromatic rings. The van der Waals surface area contributed by atoms with Crippen molar-refractivity contribution in [2.45, 2.75) is 12.5 Å². The second-order valence-electron chi connectivity index (χ2n) is 7.89. The molecule has 0 fully saturated rings. The third-order valence-corrected chi connectivity index (χ3v) is 5.79. The van der Waals surface area contributed by atoms with Crippen LogP contribution in [0.5, 0.6) is 28.9 Å². The minimum absolute atomic E-state index is 0.125. The van der Waals surface area contributed by atoms with Gasteiger partial charge in [0.2, 0.25) is 5.88 Å². The standard InChI is InChI=1S/C26H20N4O4/c1-32-18-10-7-16(8-11-18)23-20-12-9-17(31)13-21(20)34-26-24(23)25-28-22(29-30(25)15-27-26)14-33-19-5-3-2-4-6-19/h2-13,15,23,31H,14H2,1H3. The van der Waals surface area contributed by atoms with Gasteiger partial charge in [0.25, 0.3) is 0 Å². The highest BCUT2D eigenvalue weighted by atomic mass is 16.5. The maximum Gasteiger partial charge on any atom is 0.228 e. The van der Waals surface area contributed by atoms with Crippen LogP contribution in [0.4, 0.5) is 0 Å². The minimum Gasteiger partial charge on any atom is -0.508 e. The zero-order valence-electron chi connectivity index (χ0n) is 18.3. The van der Waals surface area contributed by atoms with Gasteiger partial charge in [-0.25, -0.2) is 14.5 Å². The summed E-state index contributed by atoms with van der Waals surface area (Å²) in [5, 5.41) is 14.6. The molecule has 0 bridgehead atoms. The largest absolute Gasteiger partial charge is 0.508 e. The van der Waals surface area contributed by atoms with E-state index in [1.807, 2.05) is 60.7 Å². The molecule has 8 nitrogen and oxygen atoms in total. The van der Waals surface area contributed by atoms with Crippen molar-refractivity contribution in [3.8, 4) is 28.9 Å². The normalized spacial score (nSPS) is 14.2. The van der Waals surface area contributed by atoms with Crippen molar-refractivity contribution in [1.29, 1.82) is 0 Å². The topological polar surface area (TPSA) is 91.0 Å². The van der Waals surface area contributed by atoms with Gasteiger partial charge in [-0.3, -0.25) is 0 Å². The van der Waals surface area contributed by atoms with Gasteiger partial charge in [0, 0.05) is 17.5 Å². The summed E-state index contributed by atoms with van der Waals surface area (Å²) in [7, 11) is 1.64. The van der Waals surface area contributed by atoms with E-state index >= 15 is 0 Å². The monoisotopic (exact) mass is 452 g/mol. The second-order valence-corrected chi connectivity index (χ2v) is 7.89. The molecule has 0 saturated heterocycles. The zero-order chi connectivity index (χ0) is 23.1. The molecule has 168 valence electrons. The quantitative estimate of drug-likeness (QED) is 0.405. The third-order valence-electron chi connectivity index (χ3n) is 5.79. The number of para-hydroxylation sites is 1. The first-order chi connectivity index (χ1) is 16.7. The Morgan fingerprint density at radius 3 is 2.62 bits per heavy atom. The SMILES string of the molecule is COc1ccc(C2c3ccc(O)cc3Oc3ncn4nc(COc5ccccc5)nc4c32)cc1. The number of hydrogen-bond donors (Lipinski definition) is 1. The summed E-state index contributed by atoms with van der Waals surface area (Å²) in [6.45, 7) is 0.221. The van der Waals surface area contributed by atoms with Crippen LogP contribution in [0.15, 0.2) is 79.1 Å². The smallest absolute Gasteiger partial charge is 0.228 e. The van der Waals surface area contributed by atoms with E-state index < -0.39 is 0 Å². The predicted molar refractivity (Wildman–Crippen MR) is 124 cm³/mol. The molecule has 0 aliphatic carbocycles. The fourth-order valence-corrected chi connectivity index (χ4v) is 4.22. The summed E-state index contributed by atoms with van der Waals surface area (Å²) >= 11 is 0. The molecule has 0 amide bonds. The summed E-state index contributed by atoms with van der Waals surface area (Å²) in [4.78, 5) is 9.28. The molecule has 3 aromatic carbocycles. The lowest BCUT2D eigenvalue weighted by Crippen LogP contribution is -2.15. The van der Waals surface area contributed by atoms with Gasteiger partial charge in [0.15, 0.2) is 11.5 Å². The van der Waals surface area contributed by atoms with E-state index in [2.05, 4.69) is 10.1 Å². The summed E-state index contributed by atoms with van der Waals surface area (Å²) in [6.07, 6.45) is 1.58. The maximum absolute atomic E-state index is 10.0. The van der Waals surface area contributed by atoms with E-state index in [1.165, 1.54) is 0 Å². The molecular weight excluding hydrogens is 432 g/mol. The van der Waals surface area contributed by atoms with Gasteiger partial charge < -0.3 is 19.3 Å². The molecule has 8 heteroatoms. The van der Waals surface area contributed by atoms with Crippen molar-refractivity contribution in [1.82, 2.24) is 19.6 Å². The Morgan fingerprint density at radius 1 is 1.00 bits per heavy atom. The number of nitrogens with zero attached hydrogens (tertiary/aromatic N) is 4. The summed E-state index contributed by atoms with van der Waals surface area (Å²) in [5.41, 5.74) is 3.34. The number of hydrogen-bond acceptors (Lipinski definition) is 7. The van der Waals surface area contributed by atoms with Crippen LogP contribution < -0.4 is 14.2 Å². The van der Waals surface area contributed by atoms with Crippen molar-refractivity contribution >= 4 is 5.65 Å². The van der Waals surface area contributed by atoms with E-state index in [9.17, 15) is 5.11 Å². The van der Waals surface area contributed by atoms with Crippen molar-refractivity contribution in [3.63, 3.8) is 0 Å². The Bertz CT molecular complexity index is 1480. The number of phenols is 1. The van der Waals surface area contributed by atoms with Crippen LogP contribution in [-0.4, -0.2) is 31.8 Å². The first-order valence-corrected chi connectivity index (χ1v) is 10.8. The number of benzene rings is 3. The summed E-state index contributed by atoms with van der Waals surface area (Å²) < 4.78 is 18.9. The van der Waals surface area contributed by atoms with E-state index in [4.69, 9.17) is 19.2 Å². The molecule has 34 heavy (non-hydrogen) atoms. The molecule has 0 spiro atoms. The number of aromatic nitrogens is 4. The lowest BCUT2D eigenvalue weighted by Gasteiger charge is -2.28. The van der Waals surface area contributed by atoms with Crippen LogP contribution in [0.3, 0.4) is 0 Å². The lowest BCUT2D eigenvalue weighted by atomic mass is 9.84. The molecule has 0 radical (unpaired) electrons. The van der Waals surface area contributed by atoms with Crippen LogP contribution in [0.25, 0.3) is 5.65 Å². The van der Waals surface area contributed by atoms with Crippen LogP contribution in [-0.2, 0) is 6.61 Å². The molecule has 6 rings (SSSR count). The third kappa shape index (κ3) is 3.45. The number of phenolic OH excluding ortho intramolecular Hbond substituents is 1. The predicted octanol–water partition coefficient (Wildman–Crippen LogP) is 4.70. The van der Waals surface area contributed by atoms with Crippen LogP contribution >= 0.6 is 0 Å². The highest BCUT2D eigenvalue weighted by Gasteiger charge is 2.33. The molecule has 2 aromatic heterocycles. The first kappa shape index (κ1) is 20.0. The molecule has 1 aliphatic heterocycles. The van der Waals surface area contributed by atoms with Crippen molar-refractivity contribution in [2.24, 2.45) is 0 Å².